The molecule has 0 aliphatic carbocycles. The third-order valence-corrected chi connectivity index (χ3v) is 5.34. The van der Waals surface area contributed by atoms with Crippen LogP contribution < -0.4 is 11.5 Å². The molecule has 1 saturated heterocycles. The molecule has 0 radical (unpaired) electrons. The third-order valence-electron chi connectivity index (χ3n) is 5.34. The number of guanidine groups is 1. The highest BCUT2D eigenvalue weighted by molar-refractivity contribution is 5.70. The van der Waals surface area contributed by atoms with Gasteiger partial charge in [-0.05, 0) is 31.2 Å². The van der Waals surface area contributed by atoms with Crippen molar-refractivity contribution in [2.75, 3.05) is 6.54 Å². The molecular formula is C21H32N5O+. The van der Waals surface area contributed by atoms with E-state index in [9.17, 15) is 0 Å². The van der Waals surface area contributed by atoms with Gasteiger partial charge in [0.25, 0.3) is 5.89 Å². The lowest BCUT2D eigenvalue weighted by atomic mass is 10.0. The normalized spacial score (nSPS) is 16.8. The van der Waals surface area contributed by atoms with Crippen molar-refractivity contribution in [1.29, 1.82) is 0 Å². The molecule has 1 aromatic heterocycles. The maximum atomic E-state index is 5.76. The fourth-order valence-electron chi connectivity index (χ4n) is 3.75. The smallest absolute Gasteiger partial charge is 0.335 e. The number of unbranched alkanes of at least 4 members (excludes halogenated alkanes) is 5. The first-order valence-corrected chi connectivity index (χ1v) is 10.3. The van der Waals surface area contributed by atoms with Crippen LogP contribution in [0.2, 0.25) is 0 Å². The average molecular weight is 371 g/mol. The number of hydrogen-bond donors (Lipinski definition) is 2. The van der Waals surface area contributed by atoms with Crippen LogP contribution in [0, 0.1) is 0 Å². The monoisotopic (exact) mass is 370 g/mol. The number of nitrogens with two attached hydrogens (primary N) is 2. The van der Waals surface area contributed by atoms with Gasteiger partial charge < -0.3 is 4.52 Å². The van der Waals surface area contributed by atoms with E-state index in [1.165, 1.54) is 44.1 Å². The van der Waals surface area contributed by atoms with E-state index in [1.807, 2.05) is 4.58 Å². The molecule has 1 fully saturated rings. The van der Waals surface area contributed by atoms with E-state index >= 15 is 0 Å². The van der Waals surface area contributed by atoms with E-state index in [0.717, 1.165) is 31.4 Å². The van der Waals surface area contributed by atoms with Crippen LogP contribution in [0.4, 0.5) is 0 Å². The van der Waals surface area contributed by atoms with E-state index in [1.54, 1.807) is 0 Å². The highest BCUT2D eigenvalue weighted by Crippen LogP contribution is 2.28. The minimum Gasteiger partial charge on any atom is -0.335 e. The van der Waals surface area contributed by atoms with Gasteiger partial charge in [0, 0.05) is 5.56 Å². The Morgan fingerprint density at radius 2 is 1.85 bits per heavy atom. The van der Waals surface area contributed by atoms with Gasteiger partial charge in [-0.2, -0.15) is 4.98 Å². The molecule has 0 saturated carbocycles. The lowest BCUT2D eigenvalue weighted by molar-refractivity contribution is -0.555. The largest absolute Gasteiger partial charge is 0.341 e. The second kappa shape index (κ2) is 9.53. The molecular weight excluding hydrogens is 338 g/mol. The number of benzene rings is 1. The van der Waals surface area contributed by atoms with Gasteiger partial charge in [0.15, 0.2) is 6.04 Å². The summed E-state index contributed by atoms with van der Waals surface area (Å²) in [5.74, 6) is 1.53. The Bertz CT molecular complexity index is 746. The summed E-state index contributed by atoms with van der Waals surface area (Å²) in [5.41, 5.74) is 13.9. The summed E-state index contributed by atoms with van der Waals surface area (Å²) in [6.07, 6.45) is 11.0. The Hall–Kier alpha value is -2.37. The number of nitrogens with zero attached hydrogens (tertiary/aromatic N) is 3. The zero-order chi connectivity index (χ0) is 19.1. The Balaban J connectivity index is 1.56. The molecule has 27 heavy (non-hydrogen) atoms. The number of aromatic nitrogens is 2. The second-order valence-electron chi connectivity index (χ2n) is 7.45. The highest BCUT2D eigenvalue weighted by Gasteiger charge is 2.31. The molecule has 1 aromatic carbocycles. The zero-order valence-corrected chi connectivity index (χ0v) is 16.4. The molecule has 2 heterocycles. The van der Waals surface area contributed by atoms with Crippen LogP contribution in [0.15, 0.2) is 28.8 Å². The van der Waals surface area contributed by atoms with Crippen molar-refractivity contribution in [3.63, 3.8) is 0 Å². The topological polar surface area (TPSA) is 94.0 Å². The van der Waals surface area contributed by atoms with Crippen LogP contribution in [0.1, 0.15) is 75.8 Å². The van der Waals surface area contributed by atoms with Crippen molar-refractivity contribution in [2.45, 2.75) is 70.8 Å². The quantitative estimate of drug-likeness (QED) is 0.398. The van der Waals surface area contributed by atoms with Crippen molar-refractivity contribution in [2.24, 2.45) is 11.5 Å². The molecule has 3 rings (SSSR count). The summed E-state index contributed by atoms with van der Waals surface area (Å²) in [4.78, 5) is 4.58. The maximum Gasteiger partial charge on any atom is 0.341 e. The van der Waals surface area contributed by atoms with E-state index in [-0.39, 0.29) is 6.04 Å². The van der Waals surface area contributed by atoms with Crippen molar-refractivity contribution >= 4 is 5.96 Å². The fourth-order valence-corrected chi connectivity index (χ4v) is 3.75. The summed E-state index contributed by atoms with van der Waals surface area (Å²) in [5, 5.41) is 4.15. The predicted octanol–water partition coefficient (Wildman–Crippen LogP) is 3.76. The van der Waals surface area contributed by atoms with Gasteiger partial charge in [0.1, 0.15) is 0 Å². The van der Waals surface area contributed by atoms with Gasteiger partial charge in [-0.25, -0.2) is 0 Å². The molecule has 1 aliphatic rings. The molecule has 0 bridgehead atoms. The number of rotatable bonds is 9. The average Bonchev–Trinajstić information content (AvgIpc) is 3.34. The zero-order valence-electron chi connectivity index (χ0n) is 16.4. The van der Waals surface area contributed by atoms with Gasteiger partial charge in [0.2, 0.25) is 5.82 Å². The molecule has 0 unspecified atom stereocenters. The Labute approximate surface area is 161 Å². The molecule has 146 valence electrons. The third kappa shape index (κ3) is 5.08. The van der Waals surface area contributed by atoms with E-state index in [2.05, 4.69) is 41.3 Å². The lowest BCUT2D eigenvalue weighted by Gasteiger charge is -2.07. The standard InChI is InChI=1S/C21H31N5O/c1-2-3-4-5-6-7-9-16-11-13-17(14-12-16)19-24-20(27-25-19)18-10-8-15-26(18)21(22)23/h11-14,18H,2-10,15H2,1H3,(H3,22,23)/p+1/t18-/m0/s1. The van der Waals surface area contributed by atoms with E-state index in [0.29, 0.717) is 17.7 Å². The summed E-state index contributed by atoms with van der Waals surface area (Å²) in [7, 11) is 0. The van der Waals surface area contributed by atoms with E-state index < -0.39 is 0 Å². The molecule has 2 aromatic rings. The van der Waals surface area contributed by atoms with Crippen molar-refractivity contribution in [3.05, 3.63) is 35.7 Å². The number of aryl methyl sites for hydroxylation is 1. The molecule has 6 nitrogen and oxygen atoms in total. The van der Waals surface area contributed by atoms with Crippen molar-refractivity contribution in [1.82, 2.24) is 10.1 Å². The summed E-state index contributed by atoms with van der Waals surface area (Å²) in [6.45, 7) is 3.09. The van der Waals surface area contributed by atoms with Gasteiger partial charge >= 0.3 is 5.96 Å². The summed E-state index contributed by atoms with van der Waals surface area (Å²) in [6, 6.07) is 8.49. The predicted molar refractivity (Wildman–Crippen MR) is 107 cm³/mol. The molecule has 6 heteroatoms. The summed E-state index contributed by atoms with van der Waals surface area (Å²) >= 11 is 0. The fraction of sp³-hybridized carbons (Fsp3) is 0.571. The second-order valence-corrected chi connectivity index (χ2v) is 7.45. The molecule has 1 aliphatic heterocycles. The Morgan fingerprint density at radius 3 is 2.59 bits per heavy atom. The van der Waals surface area contributed by atoms with Crippen LogP contribution in [0.3, 0.4) is 0 Å². The first-order valence-electron chi connectivity index (χ1n) is 10.3. The minimum absolute atomic E-state index is 0.0109. The van der Waals surface area contributed by atoms with Gasteiger partial charge in [-0.15, -0.1) is 0 Å². The van der Waals surface area contributed by atoms with Gasteiger partial charge in [0.05, 0.1) is 6.54 Å². The van der Waals surface area contributed by atoms with Crippen LogP contribution in [0.5, 0.6) is 0 Å². The lowest BCUT2D eigenvalue weighted by Crippen LogP contribution is -2.35. The number of hydrogen-bond acceptors (Lipinski definition) is 3. The molecule has 4 N–H and O–H groups in total. The highest BCUT2D eigenvalue weighted by atomic mass is 16.5. The molecule has 0 spiro atoms. The molecule has 0 amide bonds. The Morgan fingerprint density at radius 1 is 1.11 bits per heavy atom. The Kier molecular flexibility index (Phi) is 6.85. The maximum absolute atomic E-state index is 5.76. The minimum atomic E-state index is -0.0109. The van der Waals surface area contributed by atoms with Gasteiger partial charge in [-0.3, -0.25) is 16.0 Å². The first-order chi connectivity index (χ1) is 13.2. The SMILES string of the molecule is CCCCCCCCc1ccc(-c2noc([C@@H]3CCC[N+]3=C(N)N)n2)cc1. The summed E-state index contributed by atoms with van der Waals surface area (Å²) < 4.78 is 7.43. The van der Waals surface area contributed by atoms with Crippen LogP contribution in [-0.2, 0) is 6.42 Å². The van der Waals surface area contributed by atoms with Crippen LogP contribution >= 0.6 is 0 Å². The molecule has 1 atom stereocenters. The van der Waals surface area contributed by atoms with Crippen molar-refractivity contribution in [3.8, 4) is 11.4 Å². The van der Waals surface area contributed by atoms with E-state index in [4.69, 9.17) is 16.0 Å². The first kappa shape index (κ1) is 19.4. The van der Waals surface area contributed by atoms with Crippen LogP contribution in [0.25, 0.3) is 11.4 Å². The van der Waals surface area contributed by atoms with Gasteiger partial charge in [-0.1, -0.05) is 68.4 Å². The van der Waals surface area contributed by atoms with Crippen molar-refractivity contribution < 1.29 is 9.10 Å². The van der Waals surface area contributed by atoms with Crippen LogP contribution in [-0.4, -0.2) is 27.2 Å².